The zero-order valence-electron chi connectivity index (χ0n) is 33.5. The molecule has 4 heterocycles. The summed E-state index contributed by atoms with van der Waals surface area (Å²) in [6.45, 7) is 0. The SMILES string of the molecule is c1ccc2c(c1)oc1ccc(-c3ccc4c(c3)oc3cc(-c5nc(-c6ccc7c8ccccc8c8ccccc8c7c6)nc(-c6cccc7oc8ccccc8c67)n5)ccc34)cc12. The molecule has 0 aliphatic rings. The Hall–Kier alpha value is -8.61. The van der Waals surface area contributed by atoms with Crippen molar-refractivity contribution in [2.75, 3.05) is 0 Å². The van der Waals surface area contributed by atoms with Crippen LogP contribution in [0.25, 0.3) is 143 Å². The van der Waals surface area contributed by atoms with E-state index >= 15 is 0 Å². The van der Waals surface area contributed by atoms with E-state index in [0.717, 1.165) is 99.0 Å². The van der Waals surface area contributed by atoms with Crippen LogP contribution < -0.4 is 0 Å². The van der Waals surface area contributed by atoms with Crippen molar-refractivity contribution in [3.05, 3.63) is 188 Å². The molecule has 14 aromatic rings. The third-order valence-electron chi connectivity index (χ3n) is 12.7. The van der Waals surface area contributed by atoms with Crippen molar-refractivity contribution in [3.8, 4) is 45.3 Å². The molecule has 4 aromatic heterocycles. The van der Waals surface area contributed by atoms with E-state index in [0.29, 0.717) is 17.5 Å². The number of hydrogen-bond donors (Lipinski definition) is 0. The van der Waals surface area contributed by atoms with Crippen LogP contribution in [0.3, 0.4) is 0 Å². The molecule has 14 rings (SSSR count). The highest BCUT2D eigenvalue weighted by molar-refractivity contribution is 6.25. The van der Waals surface area contributed by atoms with E-state index in [-0.39, 0.29) is 0 Å². The molecule has 0 bridgehead atoms. The number of furan rings is 3. The zero-order valence-corrected chi connectivity index (χ0v) is 33.5. The third kappa shape index (κ3) is 5.15. The van der Waals surface area contributed by atoms with Crippen molar-refractivity contribution >= 4 is 98.1 Å². The molecule has 6 nitrogen and oxygen atoms in total. The number of fused-ring (bicyclic) bond motifs is 15. The van der Waals surface area contributed by atoms with Gasteiger partial charge in [0.1, 0.15) is 33.5 Å². The maximum Gasteiger partial charge on any atom is 0.164 e. The van der Waals surface area contributed by atoms with Crippen molar-refractivity contribution < 1.29 is 13.3 Å². The van der Waals surface area contributed by atoms with Gasteiger partial charge >= 0.3 is 0 Å². The van der Waals surface area contributed by atoms with E-state index in [2.05, 4.69) is 140 Å². The van der Waals surface area contributed by atoms with Crippen LogP contribution in [-0.2, 0) is 0 Å². The minimum Gasteiger partial charge on any atom is -0.456 e. The summed E-state index contributed by atoms with van der Waals surface area (Å²) in [5.41, 5.74) is 9.68. The fourth-order valence-electron chi connectivity index (χ4n) is 9.76. The number of benzene rings is 10. The van der Waals surface area contributed by atoms with Gasteiger partial charge in [0, 0.05) is 49.0 Å². The van der Waals surface area contributed by atoms with Gasteiger partial charge in [-0.2, -0.15) is 0 Å². The molecule has 0 atom stereocenters. The predicted molar refractivity (Wildman–Crippen MR) is 256 cm³/mol. The Morgan fingerprint density at radius 2 is 0.651 bits per heavy atom. The lowest BCUT2D eigenvalue weighted by Gasteiger charge is -2.13. The molecule has 6 heteroatoms. The highest BCUT2D eigenvalue weighted by Gasteiger charge is 2.20. The molecule has 63 heavy (non-hydrogen) atoms. The van der Waals surface area contributed by atoms with Crippen LogP contribution in [0.1, 0.15) is 0 Å². The first-order valence-electron chi connectivity index (χ1n) is 21.1. The Labute approximate surface area is 358 Å². The molecule has 0 saturated carbocycles. The first kappa shape index (κ1) is 34.1. The monoisotopic (exact) mass is 805 g/mol. The Morgan fingerprint density at radius 1 is 0.238 bits per heavy atom. The topological polar surface area (TPSA) is 78.1 Å². The highest BCUT2D eigenvalue weighted by atomic mass is 16.3. The second kappa shape index (κ2) is 12.9. The molecular formula is C57H31N3O3. The Balaban J connectivity index is 0.949. The lowest BCUT2D eigenvalue weighted by molar-refractivity contribution is 0.668. The van der Waals surface area contributed by atoms with E-state index in [9.17, 15) is 0 Å². The van der Waals surface area contributed by atoms with Crippen molar-refractivity contribution in [1.29, 1.82) is 0 Å². The first-order valence-corrected chi connectivity index (χ1v) is 21.1. The summed E-state index contributed by atoms with van der Waals surface area (Å²) < 4.78 is 19.1. The predicted octanol–water partition coefficient (Wildman–Crippen LogP) is 15.7. The first-order chi connectivity index (χ1) is 31.2. The molecule has 0 unspecified atom stereocenters. The number of rotatable bonds is 4. The van der Waals surface area contributed by atoms with Crippen LogP contribution in [0.15, 0.2) is 201 Å². The molecule has 0 saturated heterocycles. The van der Waals surface area contributed by atoms with E-state index in [1.807, 2.05) is 48.5 Å². The van der Waals surface area contributed by atoms with Gasteiger partial charge in [-0.15, -0.1) is 0 Å². The highest BCUT2D eigenvalue weighted by Crippen LogP contribution is 2.41. The van der Waals surface area contributed by atoms with E-state index in [4.69, 9.17) is 28.2 Å². The van der Waals surface area contributed by atoms with Gasteiger partial charge in [0.15, 0.2) is 17.5 Å². The molecule has 0 aliphatic carbocycles. The number of aromatic nitrogens is 3. The fraction of sp³-hybridized carbons (Fsp3) is 0. The Kier molecular flexibility index (Phi) is 7.02. The quantitative estimate of drug-likeness (QED) is 0.165. The molecule has 0 spiro atoms. The summed E-state index contributed by atoms with van der Waals surface area (Å²) >= 11 is 0. The maximum absolute atomic E-state index is 6.67. The van der Waals surface area contributed by atoms with Gasteiger partial charge in [0.25, 0.3) is 0 Å². The smallest absolute Gasteiger partial charge is 0.164 e. The Morgan fingerprint density at radius 3 is 1.37 bits per heavy atom. The van der Waals surface area contributed by atoms with Crippen molar-refractivity contribution in [3.63, 3.8) is 0 Å². The second-order valence-electron chi connectivity index (χ2n) is 16.3. The normalized spacial score (nSPS) is 12.1. The van der Waals surface area contributed by atoms with Crippen molar-refractivity contribution in [2.24, 2.45) is 0 Å². The fourth-order valence-corrected chi connectivity index (χ4v) is 9.76. The van der Waals surface area contributed by atoms with Gasteiger partial charge < -0.3 is 13.3 Å². The molecule has 0 radical (unpaired) electrons. The minimum absolute atomic E-state index is 0.548. The van der Waals surface area contributed by atoms with Gasteiger partial charge in [-0.1, -0.05) is 127 Å². The van der Waals surface area contributed by atoms with Crippen LogP contribution in [0.4, 0.5) is 0 Å². The molecule has 0 fully saturated rings. The second-order valence-corrected chi connectivity index (χ2v) is 16.3. The van der Waals surface area contributed by atoms with Crippen LogP contribution in [0.5, 0.6) is 0 Å². The van der Waals surface area contributed by atoms with Gasteiger partial charge in [0.2, 0.25) is 0 Å². The number of hydrogen-bond acceptors (Lipinski definition) is 6. The van der Waals surface area contributed by atoms with Crippen LogP contribution >= 0.6 is 0 Å². The summed E-state index contributed by atoms with van der Waals surface area (Å²) in [6, 6.07) is 65.2. The zero-order chi connectivity index (χ0) is 41.2. The van der Waals surface area contributed by atoms with Crippen LogP contribution in [-0.4, -0.2) is 15.0 Å². The number of nitrogens with zero attached hydrogens (tertiary/aromatic N) is 3. The largest absolute Gasteiger partial charge is 0.456 e. The van der Waals surface area contributed by atoms with Crippen molar-refractivity contribution in [1.82, 2.24) is 15.0 Å². The Bertz CT molecular complexity index is 4200. The van der Waals surface area contributed by atoms with Crippen LogP contribution in [0, 0.1) is 0 Å². The lowest BCUT2D eigenvalue weighted by atomic mass is 9.93. The average molecular weight is 806 g/mol. The molecule has 0 amide bonds. The minimum atomic E-state index is 0.548. The van der Waals surface area contributed by atoms with E-state index in [1.54, 1.807) is 0 Å². The van der Waals surface area contributed by atoms with E-state index < -0.39 is 0 Å². The van der Waals surface area contributed by atoms with E-state index in [1.165, 1.54) is 26.9 Å². The molecular weight excluding hydrogens is 775 g/mol. The summed E-state index contributed by atoms with van der Waals surface area (Å²) in [7, 11) is 0. The summed E-state index contributed by atoms with van der Waals surface area (Å²) in [4.78, 5) is 15.7. The third-order valence-corrected chi connectivity index (χ3v) is 12.7. The molecule has 10 aromatic carbocycles. The standard InChI is InChI=1S/C57H31N3O3/c1-2-12-38-36(10-1)37-11-3-4-13-39(37)46-29-34(21-24-40(38)46)55-58-56(60-57(59-55)45-16-9-19-51-54(45)44-15-6-8-18-49(44)62-51)35-22-26-43-42-25-20-33(30-52(42)63-53(43)31-35)32-23-27-50-47(28-32)41-14-5-7-17-48(41)61-50/h1-31H. The average Bonchev–Trinajstić information content (AvgIpc) is 4.04. The van der Waals surface area contributed by atoms with Gasteiger partial charge in [0.05, 0.1) is 0 Å². The maximum atomic E-state index is 6.67. The van der Waals surface area contributed by atoms with Crippen molar-refractivity contribution in [2.45, 2.75) is 0 Å². The molecule has 0 N–H and O–H groups in total. The number of para-hydroxylation sites is 2. The summed E-state index contributed by atoms with van der Waals surface area (Å²) in [5, 5.41) is 13.4. The molecule has 0 aliphatic heterocycles. The van der Waals surface area contributed by atoms with Gasteiger partial charge in [-0.25, -0.2) is 15.0 Å². The van der Waals surface area contributed by atoms with Gasteiger partial charge in [-0.3, -0.25) is 0 Å². The summed E-state index contributed by atoms with van der Waals surface area (Å²) in [5.74, 6) is 1.69. The van der Waals surface area contributed by atoms with Crippen LogP contribution in [0.2, 0.25) is 0 Å². The molecule has 292 valence electrons. The lowest BCUT2D eigenvalue weighted by Crippen LogP contribution is -2.00. The summed E-state index contributed by atoms with van der Waals surface area (Å²) in [6.07, 6.45) is 0. The van der Waals surface area contributed by atoms with Gasteiger partial charge in [-0.05, 0) is 104 Å².